The number of nitrogens with one attached hydrogen (secondary N) is 8. The van der Waals surface area contributed by atoms with Gasteiger partial charge in [-0.15, -0.1) is 0 Å². The molecule has 17 N–H and O–H groups in total. The van der Waals surface area contributed by atoms with E-state index in [4.69, 9.17) is 17.2 Å². The van der Waals surface area contributed by atoms with E-state index in [0.717, 1.165) is 16.4 Å². The Kier molecular flexibility index (Phi) is 19.7. The number of carbonyl (C=O) groups is 7. The number of benzene rings is 3. The maximum absolute atomic E-state index is 14.7. The van der Waals surface area contributed by atoms with E-state index in [-0.39, 0.29) is 62.7 Å². The van der Waals surface area contributed by atoms with Crippen molar-refractivity contribution in [1.29, 1.82) is 0 Å². The van der Waals surface area contributed by atoms with Crippen molar-refractivity contribution < 1.29 is 48.9 Å². The lowest BCUT2D eigenvalue weighted by molar-refractivity contribution is -0.142. The molecular weight excluding hydrogens is 929 g/mol. The maximum atomic E-state index is 14.7. The Bertz CT molecular complexity index is 2710. The number of aliphatic hydroxyl groups is 1. The fraction of sp³-hybridized carbons (Fsp3) is 0.400. The highest BCUT2D eigenvalue weighted by atomic mass is 16.4. The molecule has 2 aromatic heterocycles. The van der Waals surface area contributed by atoms with E-state index in [1.807, 2.05) is 32.0 Å². The van der Waals surface area contributed by atoms with Crippen LogP contribution in [0.15, 0.2) is 90.2 Å². The van der Waals surface area contributed by atoms with Crippen molar-refractivity contribution in [3.8, 4) is 5.75 Å². The molecule has 22 heteroatoms. The number of aliphatic imine (C=N–C) groups is 1. The molecular formula is C50H66N12O10. The van der Waals surface area contributed by atoms with Crippen LogP contribution in [0.5, 0.6) is 5.75 Å². The second-order valence-electron chi connectivity index (χ2n) is 18.2. The van der Waals surface area contributed by atoms with Gasteiger partial charge < -0.3 is 74.4 Å². The van der Waals surface area contributed by atoms with Crippen LogP contribution in [0.2, 0.25) is 0 Å². The van der Waals surface area contributed by atoms with Crippen LogP contribution in [0.3, 0.4) is 0 Å². The van der Waals surface area contributed by atoms with Crippen molar-refractivity contribution in [1.82, 2.24) is 41.9 Å². The summed E-state index contributed by atoms with van der Waals surface area (Å²) in [6.07, 6.45) is 1.57. The van der Waals surface area contributed by atoms with E-state index in [1.54, 1.807) is 54.9 Å². The lowest BCUT2D eigenvalue weighted by Gasteiger charge is -2.28. The number of phenols is 1. The average Bonchev–Trinajstić information content (AvgIpc) is 3.94. The molecule has 0 spiro atoms. The molecule has 6 amide bonds. The number of hydrogen-bond acceptors (Lipinski definition) is 11. The van der Waals surface area contributed by atoms with E-state index in [9.17, 15) is 48.9 Å². The van der Waals surface area contributed by atoms with Crippen molar-refractivity contribution in [2.75, 3.05) is 6.54 Å². The molecule has 5 aromatic rings. The summed E-state index contributed by atoms with van der Waals surface area (Å²) in [4.78, 5) is 107. The summed E-state index contributed by atoms with van der Waals surface area (Å²) < 4.78 is 0. The molecule has 386 valence electrons. The van der Waals surface area contributed by atoms with Crippen molar-refractivity contribution in [3.05, 3.63) is 102 Å². The number of carboxylic acid groups (broad SMARTS) is 1. The van der Waals surface area contributed by atoms with Crippen LogP contribution in [0.25, 0.3) is 21.8 Å². The lowest BCUT2D eigenvalue weighted by atomic mass is 9.99. The average molecular weight is 995 g/mol. The van der Waals surface area contributed by atoms with E-state index >= 15 is 0 Å². The van der Waals surface area contributed by atoms with Gasteiger partial charge in [0.05, 0.1) is 12.1 Å². The molecule has 72 heavy (non-hydrogen) atoms. The molecule has 5 rings (SSSR count). The van der Waals surface area contributed by atoms with Gasteiger partial charge in [-0.3, -0.25) is 33.8 Å². The molecule has 0 fully saturated rings. The number of nitrogens with two attached hydrogens (primary N) is 3. The number of carbonyl (C=O) groups excluding carboxylic acids is 6. The molecule has 0 saturated heterocycles. The van der Waals surface area contributed by atoms with Crippen molar-refractivity contribution >= 4 is 69.2 Å². The Labute approximate surface area is 415 Å². The number of aromatic amines is 2. The molecule has 0 aliphatic carbocycles. The molecule has 22 nitrogen and oxygen atoms in total. The molecule has 0 aliphatic rings. The quantitative estimate of drug-likeness (QED) is 0.0200. The van der Waals surface area contributed by atoms with Crippen LogP contribution in [-0.4, -0.2) is 128 Å². The predicted molar refractivity (Wildman–Crippen MR) is 270 cm³/mol. The first-order valence-corrected chi connectivity index (χ1v) is 23.6. The number of rotatable bonds is 26. The van der Waals surface area contributed by atoms with E-state index < -0.39 is 89.8 Å². The van der Waals surface area contributed by atoms with Gasteiger partial charge in [0.1, 0.15) is 42.0 Å². The number of fused-ring (bicyclic) bond motifs is 2. The van der Waals surface area contributed by atoms with Gasteiger partial charge in [0, 0.05) is 60.0 Å². The zero-order chi connectivity index (χ0) is 52.6. The molecule has 2 heterocycles. The number of aliphatic carboxylic acids is 1. The summed E-state index contributed by atoms with van der Waals surface area (Å²) >= 11 is 0. The first kappa shape index (κ1) is 55.0. The van der Waals surface area contributed by atoms with Gasteiger partial charge in [-0.2, -0.15) is 0 Å². The number of hydrogen-bond donors (Lipinski definition) is 14. The third-order valence-electron chi connectivity index (χ3n) is 11.8. The van der Waals surface area contributed by atoms with E-state index in [2.05, 4.69) is 46.9 Å². The largest absolute Gasteiger partial charge is 0.508 e. The maximum Gasteiger partial charge on any atom is 0.326 e. The van der Waals surface area contributed by atoms with Crippen LogP contribution in [0.4, 0.5) is 0 Å². The molecule has 8 atom stereocenters. The molecule has 0 saturated carbocycles. The highest BCUT2D eigenvalue weighted by molar-refractivity contribution is 5.98. The topological polar surface area (TPSA) is 374 Å². The highest BCUT2D eigenvalue weighted by Crippen LogP contribution is 2.22. The number of phenolic OH excluding ortho intramolecular Hbond substituents is 1. The lowest BCUT2D eigenvalue weighted by Crippen LogP contribution is -2.62. The highest BCUT2D eigenvalue weighted by Gasteiger charge is 2.36. The second-order valence-corrected chi connectivity index (χ2v) is 18.2. The SMILES string of the molecule is CC(C)C[C@H](NC(=O)[C@H](C)N)C(=O)N[C@@H](Cc1ccc(O)cc1)C(=O)N[C@@H](Cc1c[nH]c2ccccc12)C(=O)N[C@H](C(=O)N[C@@H](Cc1c[nH]c2ccccc12)C(=O)N[C@@H](CCCN=C(N)N)C(=O)O)[C@@H](C)O. The first-order chi connectivity index (χ1) is 34.2. The number of nitrogens with zero attached hydrogens (tertiary/aromatic N) is 1. The summed E-state index contributed by atoms with van der Waals surface area (Å²) in [7, 11) is 0. The fourth-order valence-electron chi connectivity index (χ4n) is 8.04. The first-order valence-electron chi connectivity index (χ1n) is 23.6. The van der Waals surface area contributed by atoms with E-state index in [1.165, 1.54) is 26.0 Å². The number of H-pyrrole nitrogens is 2. The molecule has 0 aliphatic heterocycles. The van der Waals surface area contributed by atoms with Gasteiger partial charge in [0.15, 0.2) is 5.96 Å². The van der Waals surface area contributed by atoms with Gasteiger partial charge in [0.2, 0.25) is 35.4 Å². The van der Waals surface area contributed by atoms with Gasteiger partial charge in [-0.1, -0.05) is 62.4 Å². The standard InChI is InChI=1S/C50H66N12O10/c1-26(2)20-38(58-43(65)27(3)51)44(66)59-39(21-29-15-17-32(64)18-16-29)45(67)60-41(23-31-25-56-36-13-8-6-11-34(31)36)47(69)62-42(28(4)63)48(70)61-40(22-30-24-55-35-12-7-5-10-33(30)35)46(68)57-37(49(71)72)14-9-19-54-50(52)53/h5-8,10-13,15-18,24-28,37-42,55-56,63-64H,9,14,19-23,51H2,1-4H3,(H,57,68)(H,58,65)(H,59,66)(H,60,67)(H,61,70)(H,62,69)(H,71,72)(H4,52,53,54)/t27-,28+,37-,38-,39-,40-,41-,42-/m0/s1. The van der Waals surface area contributed by atoms with Crippen molar-refractivity contribution in [2.45, 2.75) is 115 Å². The Balaban J connectivity index is 1.45. The Morgan fingerprint density at radius 3 is 1.54 bits per heavy atom. The number of aliphatic hydroxyl groups excluding tert-OH is 1. The normalized spacial score (nSPS) is 14.7. The summed E-state index contributed by atoms with van der Waals surface area (Å²) in [5.74, 6) is -6.61. The third kappa shape index (κ3) is 15.8. The Hall–Kier alpha value is -7.98. The Morgan fingerprint density at radius 1 is 0.597 bits per heavy atom. The molecule has 0 bridgehead atoms. The zero-order valence-electron chi connectivity index (χ0n) is 40.6. The number of amides is 6. The smallest absolute Gasteiger partial charge is 0.326 e. The minimum Gasteiger partial charge on any atom is -0.508 e. The fourth-order valence-corrected chi connectivity index (χ4v) is 8.04. The second kappa shape index (κ2) is 25.8. The van der Waals surface area contributed by atoms with Crippen LogP contribution in [-0.2, 0) is 52.8 Å². The molecule has 0 radical (unpaired) electrons. The van der Waals surface area contributed by atoms with Crippen LogP contribution in [0, 0.1) is 5.92 Å². The number of para-hydroxylation sites is 2. The van der Waals surface area contributed by atoms with Crippen molar-refractivity contribution in [2.24, 2.45) is 28.1 Å². The summed E-state index contributed by atoms with van der Waals surface area (Å²) in [6, 6.07) is 10.8. The third-order valence-corrected chi connectivity index (χ3v) is 11.8. The monoisotopic (exact) mass is 995 g/mol. The number of carboxylic acids is 1. The minimum absolute atomic E-state index is 0.0445. The van der Waals surface area contributed by atoms with Crippen LogP contribution >= 0.6 is 0 Å². The van der Waals surface area contributed by atoms with Crippen LogP contribution in [0.1, 0.15) is 63.6 Å². The molecule has 0 unspecified atom stereocenters. The number of guanidine groups is 1. The minimum atomic E-state index is -1.74. The molecule has 3 aromatic carbocycles. The van der Waals surface area contributed by atoms with Crippen molar-refractivity contribution in [3.63, 3.8) is 0 Å². The summed E-state index contributed by atoms with van der Waals surface area (Å²) in [5.41, 5.74) is 19.7. The number of aromatic nitrogens is 2. The Morgan fingerprint density at radius 2 is 1.06 bits per heavy atom. The summed E-state index contributed by atoms with van der Waals surface area (Å²) in [5, 5.41) is 48.4. The van der Waals surface area contributed by atoms with Crippen LogP contribution < -0.4 is 49.1 Å². The van der Waals surface area contributed by atoms with Gasteiger partial charge in [-0.25, -0.2) is 4.79 Å². The summed E-state index contributed by atoms with van der Waals surface area (Å²) in [6.45, 7) is 6.49. The van der Waals surface area contributed by atoms with E-state index in [0.29, 0.717) is 22.1 Å². The number of aromatic hydroxyl groups is 1. The van der Waals surface area contributed by atoms with Gasteiger partial charge >= 0.3 is 5.97 Å². The zero-order valence-corrected chi connectivity index (χ0v) is 40.6. The van der Waals surface area contributed by atoms with Gasteiger partial charge in [-0.05, 0) is 80.0 Å². The van der Waals surface area contributed by atoms with Gasteiger partial charge in [0.25, 0.3) is 0 Å². The predicted octanol–water partition coefficient (Wildman–Crippen LogP) is 0.204.